The van der Waals surface area contributed by atoms with Gasteiger partial charge in [-0.25, -0.2) is 9.59 Å². The van der Waals surface area contributed by atoms with Gasteiger partial charge < -0.3 is 15.7 Å². The minimum atomic E-state index is -1.33. The minimum Gasteiger partial charge on any atom is -0.480 e. The molecule has 2 rings (SSSR count). The molecule has 20 heavy (non-hydrogen) atoms. The zero-order chi connectivity index (χ0) is 14.9. The fourth-order valence-corrected chi connectivity index (χ4v) is 2.25. The molecule has 0 radical (unpaired) electrons. The van der Waals surface area contributed by atoms with E-state index >= 15 is 0 Å². The van der Waals surface area contributed by atoms with Gasteiger partial charge in [-0.05, 0) is 32.1 Å². The minimum absolute atomic E-state index is 0.0903. The lowest BCUT2D eigenvalue weighted by Gasteiger charge is -2.28. The maximum Gasteiger partial charge on any atom is 0.329 e. The first-order valence-electron chi connectivity index (χ1n) is 6.48. The third-order valence-electron chi connectivity index (χ3n) is 3.76. The standard InChI is InChI=1S/C12H17N3O5/c1-12(10(18)19,6-2-3-6)15-11(20)13-7-4-5-8(16)14-9(7)17/h6-7H,2-5H2,1H3,(H,18,19)(H2,13,15,20)(H,14,16,17). The molecule has 1 saturated carbocycles. The summed E-state index contributed by atoms with van der Waals surface area (Å²) < 4.78 is 0. The smallest absolute Gasteiger partial charge is 0.329 e. The van der Waals surface area contributed by atoms with Gasteiger partial charge in [-0.2, -0.15) is 0 Å². The van der Waals surface area contributed by atoms with Gasteiger partial charge in [-0.15, -0.1) is 0 Å². The fourth-order valence-electron chi connectivity index (χ4n) is 2.25. The molecule has 1 saturated heterocycles. The van der Waals surface area contributed by atoms with Gasteiger partial charge in [0.2, 0.25) is 11.8 Å². The first-order chi connectivity index (χ1) is 9.33. The Morgan fingerprint density at radius 2 is 1.95 bits per heavy atom. The van der Waals surface area contributed by atoms with E-state index in [1.54, 1.807) is 0 Å². The number of carboxylic acid groups (broad SMARTS) is 1. The predicted molar refractivity (Wildman–Crippen MR) is 66.6 cm³/mol. The van der Waals surface area contributed by atoms with E-state index in [0.29, 0.717) is 0 Å². The van der Waals surface area contributed by atoms with Crippen LogP contribution in [0.3, 0.4) is 0 Å². The van der Waals surface area contributed by atoms with Crippen LogP contribution < -0.4 is 16.0 Å². The quantitative estimate of drug-likeness (QED) is 0.510. The topological polar surface area (TPSA) is 125 Å². The highest BCUT2D eigenvalue weighted by Crippen LogP contribution is 2.39. The summed E-state index contributed by atoms with van der Waals surface area (Å²) in [5.74, 6) is -2.13. The van der Waals surface area contributed by atoms with Crippen LogP contribution in [0.4, 0.5) is 4.79 Å². The Balaban J connectivity index is 1.93. The molecule has 2 unspecified atom stereocenters. The highest BCUT2D eigenvalue weighted by molar-refractivity contribution is 6.01. The number of aliphatic carboxylic acids is 1. The molecule has 0 aromatic heterocycles. The lowest BCUT2D eigenvalue weighted by Crippen LogP contribution is -2.60. The van der Waals surface area contributed by atoms with Crippen molar-refractivity contribution in [2.24, 2.45) is 5.92 Å². The van der Waals surface area contributed by atoms with Crippen molar-refractivity contribution in [3.05, 3.63) is 0 Å². The lowest BCUT2D eigenvalue weighted by molar-refractivity contribution is -0.144. The fraction of sp³-hybridized carbons (Fsp3) is 0.667. The van der Waals surface area contributed by atoms with Crippen molar-refractivity contribution in [3.63, 3.8) is 0 Å². The number of carbonyl (C=O) groups is 4. The first kappa shape index (κ1) is 14.3. The number of carbonyl (C=O) groups excluding carboxylic acids is 3. The van der Waals surface area contributed by atoms with Crippen LogP contribution in [-0.2, 0) is 14.4 Å². The molecule has 1 heterocycles. The maximum absolute atomic E-state index is 11.8. The van der Waals surface area contributed by atoms with Gasteiger partial charge in [0.25, 0.3) is 0 Å². The number of imide groups is 1. The Hall–Kier alpha value is -2.12. The van der Waals surface area contributed by atoms with Crippen molar-refractivity contribution in [2.45, 2.75) is 44.2 Å². The Bertz CT molecular complexity index is 474. The molecule has 1 aliphatic carbocycles. The Kier molecular flexibility index (Phi) is 3.65. The van der Waals surface area contributed by atoms with E-state index in [0.717, 1.165) is 12.8 Å². The zero-order valence-electron chi connectivity index (χ0n) is 11.1. The highest BCUT2D eigenvalue weighted by Gasteiger charge is 2.48. The normalized spacial score (nSPS) is 25.4. The average molecular weight is 283 g/mol. The van der Waals surface area contributed by atoms with E-state index in [-0.39, 0.29) is 24.7 Å². The van der Waals surface area contributed by atoms with Crippen molar-refractivity contribution in [1.82, 2.24) is 16.0 Å². The Labute approximate surface area is 115 Å². The number of amides is 4. The van der Waals surface area contributed by atoms with E-state index in [1.807, 2.05) is 0 Å². The molecule has 8 nitrogen and oxygen atoms in total. The Morgan fingerprint density at radius 3 is 2.45 bits per heavy atom. The molecule has 2 atom stereocenters. The summed E-state index contributed by atoms with van der Waals surface area (Å²) >= 11 is 0. The number of carboxylic acids is 1. The second-order valence-corrected chi connectivity index (χ2v) is 5.38. The molecule has 0 aromatic rings. The number of nitrogens with one attached hydrogen (secondary N) is 3. The van der Waals surface area contributed by atoms with Gasteiger partial charge in [-0.3, -0.25) is 14.9 Å². The Morgan fingerprint density at radius 1 is 1.30 bits per heavy atom. The van der Waals surface area contributed by atoms with Crippen LogP contribution in [-0.4, -0.2) is 40.5 Å². The van der Waals surface area contributed by atoms with Crippen LogP contribution in [0.25, 0.3) is 0 Å². The van der Waals surface area contributed by atoms with E-state index < -0.39 is 29.5 Å². The predicted octanol–water partition coefficient (Wildman–Crippen LogP) is -0.656. The molecular weight excluding hydrogens is 266 g/mol. The summed E-state index contributed by atoms with van der Waals surface area (Å²) in [4.78, 5) is 45.6. The van der Waals surface area contributed by atoms with Crippen LogP contribution in [0.5, 0.6) is 0 Å². The van der Waals surface area contributed by atoms with Gasteiger partial charge in [0.1, 0.15) is 11.6 Å². The molecule has 0 bridgehead atoms. The third-order valence-corrected chi connectivity index (χ3v) is 3.76. The first-order valence-corrected chi connectivity index (χ1v) is 6.48. The summed E-state index contributed by atoms with van der Waals surface area (Å²) in [7, 11) is 0. The van der Waals surface area contributed by atoms with Crippen molar-refractivity contribution in [2.75, 3.05) is 0 Å². The molecule has 110 valence electrons. The SMILES string of the molecule is CC(NC(=O)NC1CCC(=O)NC1=O)(C(=O)O)C1CC1. The highest BCUT2D eigenvalue weighted by atomic mass is 16.4. The van der Waals surface area contributed by atoms with Crippen LogP contribution in [0.15, 0.2) is 0 Å². The zero-order valence-corrected chi connectivity index (χ0v) is 11.1. The van der Waals surface area contributed by atoms with E-state index in [9.17, 15) is 24.3 Å². The summed E-state index contributed by atoms with van der Waals surface area (Å²) in [5, 5.41) is 16.2. The van der Waals surface area contributed by atoms with E-state index in [1.165, 1.54) is 6.92 Å². The summed E-state index contributed by atoms with van der Waals surface area (Å²) in [5.41, 5.74) is -1.33. The van der Waals surface area contributed by atoms with Gasteiger partial charge >= 0.3 is 12.0 Å². The molecule has 4 amide bonds. The van der Waals surface area contributed by atoms with Crippen molar-refractivity contribution in [3.8, 4) is 0 Å². The van der Waals surface area contributed by atoms with Gasteiger partial charge in [-0.1, -0.05) is 0 Å². The van der Waals surface area contributed by atoms with Gasteiger partial charge in [0, 0.05) is 6.42 Å². The van der Waals surface area contributed by atoms with Crippen molar-refractivity contribution >= 4 is 23.8 Å². The summed E-state index contributed by atoms with van der Waals surface area (Å²) in [6.45, 7) is 1.46. The molecule has 1 aliphatic heterocycles. The third kappa shape index (κ3) is 2.89. The molecule has 2 fully saturated rings. The molecule has 8 heteroatoms. The molecular formula is C12H17N3O5. The molecule has 2 aliphatic rings. The van der Waals surface area contributed by atoms with Crippen LogP contribution in [0.1, 0.15) is 32.6 Å². The van der Waals surface area contributed by atoms with Gasteiger partial charge in [0.15, 0.2) is 0 Å². The number of hydrogen-bond acceptors (Lipinski definition) is 4. The summed E-state index contributed by atoms with van der Waals surface area (Å²) in [6, 6.07) is -1.53. The number of hydrogen-bond donors (Lipinski definition) is 4. The number of piperidine rings is 1. The lowest BCUT2D eigenvalue weighted by atomic mass is 9.96. The number of rotatable bonds is 4. The average Bonchev–Trinajstić information content (AvgIpc) is 3.16. The van der Waals surface area contributed by atoms with Crippen LogP contribution in [0.2, 0.25) is 0 Å². The second kappa shape index (κ2) is 5.10. The van der Waals surface area contributed by atoms with Crippen LogP contribution >= 0.6 is 0 Å². The molecule has 4 N–H and O–H groups in total. The van der Waals surface area contributed by atoms with Gasteiger partial charge in [0.05, 0.1) is 0 Å². The maximum atomic E-state index is 11.8. The molecule has 0 spiro atoms. The largest absolute Gasteiger partial charge is 0.480 e. The second-order valence-electron chi connectivity index (χ2n) is 5.38. The summed E-state index contributed by atoms with van der Waals surface area (Å²) in [6.07, 6.45) is 1.86. The van der Waals surface area contributed by atoms with Crippen molar-refractivity contribution in [1.29, 1.82) is 0 Å². The van der Waals surface area contributed by atoms with Crippen LogP contribution in [0, 0.1) is 5.92 Å². The van der Waals surface area contributed by atoms with E-state index in [4.69, 9.17) is 0 Å². The monoisotopic (exact) mass is 283 g/mol. The van der Waals surface area contributed by atoms with E-state index in [2.05, 4.69) is 16.0 Å². The molecule has 0 aromatic carbocycles. The van der Waals surface area contributed by atoms with Crippen molar-refractivity contribution < 1.29 is 24.3 Å². The number of urea groups is 1.